The minimum atomic E-state index is -0.786. The second-order valence-electron chi connectivity index (χ2n) is 3.16. The molecule has 0 aromatic carbocycles. The first kappa shape index (κ1) is 10.3. The molecule has 1 saturated heterocycles. The Morgan fingerprint density at radius 2 is 2.23 bits per heavy atom. The van der Waals surface area contributed by atoms with Gasteiger partial charge in [-0.3, -0.25) is 0 Å². The van der Waals surface area contributed by atoms with Crippen molar-refractivity contribution in [2.24, 2.45) is 5.11 Å². The number of nitrogens with zero attached hydrogens (tertiary/aromatic N) is 3. The number of nitrogens with one attached hydrogen (secondary N) is 1. The largest absolute Gasteiger partial charge is 0.395 e. The molecule has 6 heteroatoms. The molecule has 0 saturated carbocycles. The van der Waals surface area contributed by atoms with Gasteiger partial charge in [0.1, 0.15) is 0 Å². The zero-order valence-corrected chi connectivity index (χ0v) is 7.46. The van der Waals surface area contributed by atoms with Crippen LogP contribution in [0.4, 0.5) is 0 Å². The van der Waals surface area contributed by atoms with E-state index in [-0.39, 0.29) is 18.7 Å². The van der Waals surface area contributed by atoms with Gasteiger partial charge in [0.25, 0.3) is 0 Å². The van der Waals surface area contributed by atoms with Crippen molar-refractivity contribution in [3.63, 3.8) is 0 Å². The minimum absolute atomic E-state index is 0.0388. The zero-order chi connectivity index (χ0) is 9.84. The summed E-state index contributed by atoms with van der Waals surface area (Å²) >= 11 is 0. The predicted molar refractivity (Wildman–Crippen MR) is 47.0 cm³/mol. The average Bonchev–Trinajstić information content (AvgIpc) is 2.45. The van der Waals surface area contributed by atoms with Gasteiger partial charge in [-0.25, -0.2) is 0 Å². The summed E-state index contributed by atoms with van der Waals surface area (Å²) in [4.78, 5) is 2.68. The molecule has 3 N–H and O–H groups in total. The molecule has 0 amide bonds. The summed E-state index contributed by atoms with van der Waals surface area (Å²) in [6.07, 6.45) is -0.0251. The first-order valence-electron chi connectivity index (χ1n) is 4.33. The first-order valence-corrected chi connectivity index (χ1v) is 4.33. The fourth-order valence-corrected chi connectivity index (χ4v) is 1.68. The van der Waals surface area contributed by atoms with Gasteiger partial charge in [-0.1, -0.05) is 12.0 Å². The first-order chi connectivity index (χ1) is 6.24. The van der Waals surface area contributed by atoms with Gasteiger partial charge in [-0.15, -0.1) is 0 Å². The van der Waals surface area contributed by atoms with Gasteiger partial charge in [-0.05, 0) is 12.0 Å². The predicted octanol–water partition coefficient (Wildman–Crippen LogP) is -0.231. The van der Waals surface area contributed by atoms with Gasteiger partial charge >= 0.3 is 0 Å². The summed E-state index contributed by atoms with van der Waals surface area (Å²) in [6.45, 7) is 1.79. The molecule has 0 aromatic rings. The van der Waals surface area contributed by atoms with E-state index in [4.69, 9.17) is 10.6 Å². The van der Waals surface area contributed by atoms with Crippen molar-refractivity contribution in [2.45, 2.75) is 37.6 Å². The van der Waals surface area contributed by atoms with Crippen molar-refractivity contribution < 1.29 is 10.2 Å². The molecule has 74 valence electrons. The Hall–Kier alpha value is -0.810. The normalized spacial score (nSPS) is 38.7. The Kier molecular flexibility index (Phi) is 3.50. The summed E-state index contributed by atoms with van der Waals surface area (Å²) in [5, 5.41) is 25.0. The van der Waals surface area contributed by atoms with Crippen LogP contribution >= 0.6 is 0 Å². The maximum Gasteiger partial charge on any atom is 0.0815 e. The molecule has 1 rings (SSSR count). The molecular formula is C7H14N4O2. The van der Waals surface area contributed by atoms with Crippen LogP contribution in [0.5, 0.6) is 0 Å². The van der Waals surface area contributed by atoms with Gasteiger partial charge in [0.2, 0.25) is 0 Å². The maximum absolute atomic E-state index is 9.59. The van der Waals surface area contributed by atoms with E-state index in [1.807, 2.05) is 6.92 Å². The van der Waals surface area contributed by atoms with Crippen molar-refractivity contribution in [3.8, 4) is 0 Å². The SMILES string of the molecule is CC[C@@H]1N[C@H](CO)[C@@H](O)C1N=[N+]=[N-]. The van der Waals surface area contributed by atoms with Crippen molar-refractivity contribution in [1.82, 2.24) is 5.32 Å². The number of hydrogen-bond acceptors (Lipinski definition) is 4. The van der Waals surface area contributed by atoms with Crippen LogP contribution in [-0.4, -0.2) is 41.0 Å². The zero-order valence-electron chi connectivity index (χ0n) is 7.46. The summed E-state index contributed by atoms with van der Waals surface area (Å²) in [6, 6.07) is -0.879. The highest BCUT2D eigenvalue weighted by molar-refractivity contribution is 5.01. The highest BCUT2D eigenvalue weighted by Gasteiger charge is 2.39. The topological polar surface area (TPSA) is 101 Å². The third-order valence-corrected chi connectivity index (χ3v) is 2.42. The van der Waals surface area contributed by atoms with Crippen LogP contribution in [0.2, 0.25) is 0 Å². The number of hydrogen-bond donors (Lipinski definition) is 3. The average molecular weight is 186 g/mol. The Bertz CT molecular complexity index is 215. The van der Waals surface area contributed by atoms with E-state index >= 15 is 0 Å². The van der Waals surface area contributed by atoms with Crippen molar-refractivity contribution in [3.05, 3.63) is 10.4 Å². The van der Waals surface area contributed by atoms with Gasteiger partial charge < -0.3 is 15.5 Å². The van der Waals surface area contributed by atoms with Crippen LogP contribution in [-0.2, 0) is 0 Å². The van der Waals surface area contributed by atoms with Crippen LogP contribution in [0, 0.1) is 0 Å². The van der Waals surface area contributed by atoms with Crippen LogP contribution in [0.3, 0.4) is 0 Å². The molecule has 1 aliphatic heterocycles. The van der Waals surface area contributed by atoms with Crippen LogP contribution < -0.4 is 5.32 Å². The molecule has 0 aliphatic carbocycles. The van der Waals surface area contributed by atoms with E-state index in [1.165, 1.54) is 0 Å². The standard InChI is InChI=1S/C7H14N4O2/c1-2-4-6(10-11-8)7(13)5(3-12)9-4/h4-7,9,12-13H,2-3H2,1H3/t4-,5+,6?,7+/m0/s1. The molecule has 0 radical (unpaired) electrons. The maximum atomic E-state index is 9.59. The molecule has 6 nitrogen and oxygen atoms in total. The monoisotopic (exact) mass is 186 g/mol. The fraction of sp³-hybridized carbons (Fsp3) is 1.00. The van der Waals surface area contributed by atoms with E-state index in [1.54, 1.807) is 0 Å². The molecule has 1 heterocycles. The Morgan fingerprint density at radius 3 is 2.69 bits per heavy atom. The molecule has 1 unspecified atom stereocenters. The van der Waals surface area contributed by atoms with Gasteiger partial charge in [-0.2, -0.15) is 0 Å². The molecule has 0 spiro atoms. The lowest BCUT2D eigenvalue weighted by Crippen LogP contribution is -2.36. The summed E-state index contributed by atoms with van der Waals surface area (Å²) in [7, 11) is 0. The Balaban J connectivity index is 2.73. The summed E-state index contributed by atoms with van der Waals surface area (Å²) in [5.41, 5.74) is 8.27. The smallest absolute Gasteiger partial charge is 0.0815 e. The third kappa shape index (κ3) is 1.92. The van der Waals surface area contributed by atoms with Crippen LogP contribution in [0.25, 0.3) is 10.4 Å². The second-order valence-corrected chi connectivity index (χ2v) is 3.16. The quantitative estimate of drug-likeness (QED) is 0.322. The summed E-state index contributed by atoms with van der Waals surface area (Å²) < 4.78 is 0. The minimum Gasteiger partial charge on any atom is -0.395 e. The van der Waals surface area contributed by atoms with E-state index in [0.29, 0.717) is 0 Å². The van der Waals surface area contributed by atoms with Crippen molar-refractivity contribution in [1.29, 1.82) is 0 Å². The van der Waals surface area contributed by atoms with Gasteiger partial charge in [0.15, 0.2) is 0 Å². The van der Waals surface area contributed by atoms with E-state index in [9.17, 15) is 5.11 Å². The Labute approximate surface area is 76.2 Å². The Morgan fingerprint density at radius 1 is 1.54 bits per heavy atom. The van der Waals surface area contributed by atoms with E-state index in [0.717, 1.165) is 6.42 Å². The number of aliphatic hydroxyl groups excluding tert-OH is 2. The lowest BCUT2D eigenvalue weighted by Gasteiger charge is -2.13. The lowest BCUT2D eigenvalue weighted by molar-refractivity contribution is 0.110. The summed E-state index contributed by atoms with van der Waals surface area (Å²) in [5.74, 6) is 0. The third-order valence-electron chi connectivity index (χ3n) is 2.42. The molecular weight excluding hydrogens is 172 g/mol. The van der Waals surface area contributed by atoms with E-state index < -0.39 is 12.1 Å². The van der Waals surface area contributed by atoms with Crippen LogP contribution in [0.15, 0.2) is 5.11 Å². The number of azide groups is 1. The molecule has 0 aromatic heterocycles. The molecule has 4 atom stereocenters. The lowest BCUT2D eigenvalue weighted by atomic mass is 10.0. The molecule has 0 bridgehead atoms. The van der Waals surface area contributed by atoms with Gasteiger partial charge in [0.05, 0.1) is 24.8 Å². The van der Waals surface area contributed by atoms with Gasteiger partial charge in [0, 0.05) is 11.0 Å². The highest BCUT2D eigenvalue weighted by atomic mass is 16.3. The van der Waals surface area contributed by atoms with Crippen molar-refractivity contribution >= 4 is 0 Å². The van der Waals surface area contributed by atoms with Crippen LogP contribution in [0.1, 0.15) is 13.3 Å². The molecule has 1 aliphatic rings. The molecule has 1 fully saturated rings. The highest BCUT2D eigenvalue weighted by Crippen LogP contribution is 2.19. The van der Waals surface area contributed by atoms with Crippen molar-refractivity contribution in [2.75, 3.05) is 6.61 Å². The number of aliphatic hydroxyl groups is 2. The van der Waals surface area contributed by atoms with E-state index in [2.05, 4.69) is 15.3 Å². The second kappa shape index (κ2) is 4.43. The molecule has 13 heavy (non-hydrogen) atoms. The number of rotatable bonds is 3. The fourth-order valence-electron chi connectivity index (χ4n) is 1.68.